The number of hydrogen-bond acceptors (Lipinski definition) is 7. The highest BCUT2D eigenvalue weighted by atomic mass is 35.5. The number of hydrogen-bond donors (Lipinski definition) is 3. The lowest BCUT2D eigenvalue weighted by molar-refractivity contribution is -0.138. The molecule has 2 aromatic rings. The molecule has 0 radical (unpaired) electrons. The van der Waals surface area contributed by atoms with E-state index in [1.54, 1.807) is 18.7 Å². The van der Waals surface area contributed by atoms with Crippen molar-refractivity contribution in [3.05, 3.63) is 52.1 Å². The molecule has 1 aliphatic carbocycles. The van der Waals surface area contributed by atoms with E-state index in [4.69, 9.17) is 11.5 Å². The van der Waals surface area contributed by atoms with Crippen LogP contribution in [0.5, 0.6) is 0 Å². The highest BCUT2D eigenvalue weighted by Gasteiger charge is 2.35. The number of urea groups is 1. The van der Waals surface area contributed by atoms with E-state index in [9.17, 15) is 27.6 Å². The van der Waals surface area contributed by atoms with Gasteiger partial charge in [-0.15, -0.1) is 12.4 Å². The number of carbonyl (C=O) groups is 2. The van der Waals surface area contributed by atoms with Crippen LogP contribution in [0.4, 0.5) is 23.8 Å². The second-order valence-electron chi connectivity index (χ2n) is 11.9. The minimum absolute atomic E-state index is 0. The molecule has 1 aromatic carbocycles. The predicted molar refractivity (Wildman–Crippen MR) is 164 cm³/mol. The molecule has 1 aromatic heterocycles. The third kappa shape index (κ3) is 8.49. The fourth-order valence-electron chi connectivity index (χ4n) is 5.68. The molecule has 0 unspecified atom stereocenters. The first-order chi connectivity index (χ1) is 20.2. The molecule has 11 nitrogen and oxygen atoms in total. The van der Waals surface area contributed by atoms with Gasteiger partial charge >= 0.3 is 17.9 Å². The average molecular weight is 643 g/mol. The summed E-state index contributed by atoms with van der Waals surface area (Å²) < 4.78 is 43.6. The Bertz CT molecular complexity index is 1360. The predicted octanol–water partition coefficient (Wildman–Crippen LogP) is 3.18. The van der Waals surface area contributed by atoms with Crippen molar-refractivity contribution in [2.75, 3.05) is 38.0 Å². The molecule has 2 heterocycles. The largest absolute Gasteiger partial charge is 0.416 e. The zero-order chi connectivity index (χ0) is 31.5. The third-order valence-corrected chi connectivity index (χ3v) is 8.16. The normalized spacial score (nSPS) is 19.5. The average Bonchev–Trinajstić information content (AvgIpc) is 2.95. The Balaban J connectivity index is 0.00000529. The fourth-order valence-corrected chi connectivity index (χ4v) is 5.68. The summed E-state index contributed by atoms with van der Waals surface area (Å²) in [5.41, 5.74) is 9.38. The van der Waals surface area contributed by atoms with Crippen molar-refractivity contribution in [1.82, 2.24) is 24.3 Å². The van der Waals surface area contributed by atoms with Gasteiger partial charge in [-0.1, -0.05) is 13.0 Å². The molecule has 2 aliphatic rings. The number of nitrogens with two attached hydrogens (primary N) is 2. The van der Waals surface area contributed by atoms with Crippen LogP contribution >= 0.6 is 12.4 Å². The standard InChI is InChI=1S/C29H41F3N8O3.ClH/c1-4-37(21-9-6-20(33)7-10-21)18-19-5-8-22(17-23(19)29(30,31)32)40-12-11-24(36-27(40)43)35-26(42)39-15-13-38(14-16-39)25(41)28(2,3)34;/h5,8,11-12,17,20-21H,4,6-7,9-10,13-16,18,33-34H2,1-3H3,(H,35,36,42,43);1H. The summed E-state index contributed by atoms with van der Waals surface area (Å²) in [6.07, 6.45) is 0.0532. The monoisotopic (exact) mass is 642 g/mol. The van der Waals surface area contributed by atoms with Crippen LogP contribution in [0.1, 0.15) is 57.6 Å². The van der Waals surface area contributed by atoms with Gasteiger partial charge in [0.2, 0.25) is 5.91 Å². The van der Waals surface area contributed by atoms with Crippen molar-refractivity contribution in [3.63, 3.8) is 0 Å². The lowest BCUT2D eigenvalue weighted by atomic mass is 9.90. The van der Waals surface area contributed by atoms with Crippen LogP contribution < -0.4 is 22.5 Å². The number of benzene rings is 1. The van der Waals surface area contributed by atoms with Crippen LogP contribution in [0.2, 0.25) is 0 Å². The summed E-state index contributed by atoms with van der Waals surface area (Å²) in [7, 11) is 0. The van der Waals surface area contributed by atoms with E-state index in [-0.39, 0.29) is 67.1 Å². The van der Waals surface area contributed by atoms with Gasteiger partial charge in [0.05, 0.1) is 16.8 Å². The fraction of sp³-hybridized carbons (Fsp3) is 0.586. The number of halogens is 4. The first-order valence-electron chi connectivity index (χ1n) is 14.6. The maximum absolute atomic E-state index is 14.2. The van der Waals surface area contributed by atoms with Crippen LogP contribution in [-0.2, 0) is 17.5 Å². The number of aromatic nitrogens is 2. The van der Waals surface area contributed by atoms with Gasteiger partial charge < -0.3 is 21.3 Å². The van der Waals surface area contributed by atoms with Crippen LogP contribution in [0.3, 0.4) is 0 Å². The van der Waals surface area contributed by atoms with Gasteiger partial charge in [0, 0.05) is 51.0 Å². The van der Waals surface area contributed by atoms with Gasteiger partial charge in [0.1, 0.15) is 5.82 Å². The van der Waals surface area contributed by atoms with Crippen molar-refractivity contribution in [3.8, 4) is 5.69 Å². The van der Waals surface area contributed by atoms with Crippen LogP contribution in [0.25, 0.3) is 5.69 Å². The lowest BCUT2D eigenvalue weighted by Gasteiger charge is -2.37. The molecule has 2 fully saturated rings. The first kappa shape index (κ1) is 35.3. The Morgan fingerprint density at radius 3 is 2.20 bits per heavy atom. The summed E-state index contributed by atoms with van der Waals surface area (Å²) in [4.78, 5) is 47.0. The Morgan fingerprint density at radius 2 is 1.66 bits per heavy atom. The topological polar surface area (TPSA) is 143 Å². The van der Waals surface area contributed by atoms with Gasteiger partial charge in [-0.05, 0) is 69.8 Å². The molecule has 244 valence electrons. The molecule has 4 rings (SSSR count). The lowest BCUT2D eigenvalue weighted by Crippen LogP contribution is -2.58. The summed E-state index contributed by atoms with van der Waals surface area (Å²) in [5, 5.41) is 2.55. The molecule has 1 aliphatic heterocycles. The van der Waals surface area contributed by atoms with E-state index in [1.165, 1.54) is 29.3 Å². The second kappa shape index (κ2) is 14.3. The van der Waals surface area contributed by atoms with Crippen LogP contribution in [-0.4, -0.2) is 86.5 Å². The SMILES string of the molecule is CCN(Cc1ccc(-n2ccc(NC(=O)N3CCN(C(=O)C(C)(C)N)CC3)nc2=O)cc1C(F)(F)F)C1CCC(N)CC1.Cl. The molecule has 0 atom stereocenters. The van der Waals surface area contributed by atoms with E-state index in [0.29, 0.717) is 19.6 Å². The molecule has 3 amide bonds. The summed E-state index contributed by atoms with van der Waals surface area (Å²) in [6.45, 7) is 7.07. The summed E-state index contributed by atoms with van der Waals surface area (Å²) in [5.74, 6) is -0.247. The van der Waals surface area contributed by atoms with Gasteiger partial charge in [-0.2, -0.15) is 18.2 Å². The number of anilines is 1. The van der Waals surface area contributed by atoms with E-state index in [0.717, 1.165) is 36.3 Å². The highest BCUT2D eigenvalue weighted by Crippen LogP contribution is 2.35. The third-order valence-electron chi connectivity index (χ3n) is 8.16. The van der Waals surface area contributed by atoms with Gasteiger partial charge in [-0.25, -0.2) is 9.59 Å². The molecular formula is C29H42ClF3N8O3. The van der Waals surface area contributed by atoms with Crippen molar-refractivity contribution >= 4 is 30.2 Å². The van der Waals surface area contributed by atoms with Gasteiger partial charge in [0.15, 0.2) is 0 Å². The highest BCUT2D eigenvalue weighted by molar-refractivity contribution is 5.89. The zero-order valence-electron chi connectivity index (χ0n) is 25.3. The van der Waals surface area contributed by atoms with Crippen molar-refractivity contribution in [2.24, 2.45) is 11.5 Å². The molecule has 5 N–H and O–H groups in total. The van der Waals surface area contributed by atoms with Gasteiger partial charge in [-0.3, -0.25) is 19.6 Å². The van der Waals surface area contributed by atoms with Gasteiger partial charge in [0.25, 0.3) is 0 Å². The van der Waals surface area contributed by atoms with Crippen molar-refractivity contribution in [1.29, 1.82) is 0 Å². The molecule has 1 saturated heterocycles. The number of carbonyl (C=O) groups excluding carboxylic acids is 2. The number of alkyl halides is 3. The Kier molecular flexibility index (Phi) is 11.4. The molecule has 1 saturated carbocycles. The maximum Gasteiger partial charge on any atom is 0.416 e. The van der Waals surface area contributed by atoms with E-state index >= 15 is 0 Å². The van der Waals surface area contributed by atoms with Crippen LogP contribution in [0, 0.1) is 0 Å². The Hall–Kier alpha value is -3.20. The number of amides is 3. The van der Waals surface area contributed by atoms with E-state index in [2.05, 4.69) is 15.2 Å². The minimum Gasteiger partial charge on any atom is -0.338 e. The second-order valence-corrected chi connectivity index (χ2v) is 11.9. The van der Waals surface area contributed by atoms with Crippen molar-refractivity contribution in [2.45, 2.75) is 76.8 Å². The molecule has 44 heavy (non-hydrogen) atoms. The molecule has 0 bridgehead atoms. The number of piperazine rings is 1. The Morgan fingerprint density at radius 1 is 1.05 bits per heavy atom. The van der Waals surface area contributed by atoms with E-state index in [1.807, 2.05) is 6.92 Å². The molecular weight excluding hydrogens is 601 g/mol. The Labute approximate surface area is 261 Å². The smallest absolute Gasteiger partial charge is 0.338 e. The number of nitrogens with zero attached hydrogens (tertiary/aromatic N) is 5. The minimum atomic E-state index is -4.63. The molecule has 0 spiro atoms. The number of nitrogens with one attached hydrogen (secondary N) is 1. The zero-order valence-corrected chi connectivity index (χ0v) is 26.1. The number of rotatable bonds is 7. The molecule has 15 heteroatoms. The maximum atomic E-state index is 14.2. The summed E-state index contributed by atoms with van der Waals surface area (Å²) >= 11 is 0. The van der Waals surface area contributed by atoms with Crippen LogP contribution in [0.15, 0.2) is 35.3 Å². The summed E-state index contributed by atoms with van der Waals surface area (Å²) in [6, 6.07) is 5.00. The van der Waals surface area contributed by atoms with E-state index < -0.39 is 29.0 Å². The quantitative estimate of drug-likeness (QED) is 0.421. The van der Waals surface area contributed by atoms with Crippen molar-refractivity contribution < 1.29 is 22.8 Å². The first-order valence-corrected chi connectivity index (χ1v) is 14.6.